The molecule has 2 aromatic rings. The number of aromatic nitrogens is 1. The van der Waals surface area contributed by atoms with Gasteiger partial charge in [0.2, 0.25) is 0 Å². The average molecular weight is 273 g/mol. The summed E-state index contributed by atoms with van der Waals surface area (Å²) >= 11 is 1.55. The Morgan fingerprint density at radius 2 is 2.12 bits per heavy atom. The Labute approximate surface area is 110 Å². The lowest BCUT2D eigenvalue weighted by Gasteiger charge is -1.98. The van der Waals surface area contributed by atoms with E-state index in [4.69, 9.17) is 0 Å². The first kappa shape index (κ1) is 14.1. The number of nitrogens with zero attached hydrogens (tertiary/aromatic N) is 1. The topological polar surface area (TPSA) is 24.9 Å². The highest BCUT2D eigenvalue weighted by atomic mass is 35.5. The summed E-state index contributed by atoms with van der Waals surface area (Å²) in [7, 11) is 0. The number of halogens is 2. The van der Waals surface area contributed by atoms with E-state index in [2.05, 4.69) is 10.3 Å². The molecule has 0 aliphatic heterocycles. The van der Waals surface area contributed by atoms with Crippen molar-refractivity contribution >= 4 is 23.7 Å². The van der Waals surface area contributed by atoms with Crippen LogP contribution < -0.4 is 5.32 Å². The van der Waals surface area contributed by atoms with E-state index in [1.54, 1.807) is 23.5 Å². The van der Waals surface area contributed by atoms with Crippen molar-refractivity contribution in [2.45, 2.75) is 13.5 Å². The molecule has 0 saturated carbocycles. The molecule has 2 rings (SSSR count). The zero-order valence-corrected chi connectivity index (χ0v) is 11.1. The lowest BCUT2D eigenvalue weighted by Crippen LogP contribution is -2.11. The maximum absolute atomic E-state index is 13.5. The van der Waals surface area contributed by atoms with E-state index >= 15 is 0 Å². The number of thiazole rings is 1. The summed E-state index contributed by atoms with van der Waals surface area (Å²) in [6.07, 6.45) is 0. The number of rotatable bonds is 4. The third kappa shape index (κ3) is 3.49. The second kappa shape index (κ2) is 6.69. The van der Waals surface area contributed by atoms with Crippen molar-refractivity contribution in [1.29, 1.82) is 0 Å². The van der Waals surface area contributed by atoms with E-state index in [1.165, 1.54) is 6.07 Å². The van der Waals surface area contributed by atoms with Gasteiger partial charge in [-0.15, -0.1) is 23.7 Å². The number of nitrogens with one attached hydrogen (secondary N) is 1. The van der Waals surface area contributed by atoms with Gasteiger partial charge in [-0.05, 0) is 18.7 Å². The molecular formula is C12H14ClFN2S. The summed E-state index contributed by atoms with van der Waals surface area (Å²) in [5.74, 6) is -0.220. The predicted molar refractivity (Wildman–Crippen MR) is 72.1 cm³/mol. The van der Waals surface area contributed by atoms with Crippen molar-refractivity contribution in [3.63, 3.8) is 0 Å². The Hall–Kier alpha value is -0.970. The monoisotopic (exact) mass is 272 g/mol. The van der Waals surface area contributed by atoms with Gasteiger partial charge in [0.05, 0.1) is 5.69 Å². The van der Waals surface area contributed by atoms with Crippen molar-refractivity contribution in [3.8, 4) is 11.3 Å². The van der Waals surface area contributed by atoms with Crippen LogP contribution in [0.4, 0.5) is 4.39 Å². The van der Waals surface area contributed by atoms with Gasteiger partial charge in [-0.1, -0.05) is 19.1 Å². The second-order valence-corrected chi connectivity index (χ2v) is 4.33. The Kier molecular flexibility index (Phi) is 5.55. The molecule has 0 spiro atoms. The molecule has 1 aromatic carbocycles. The molecule has 2 nitrogen and oxygen atoms in total. The molecule has 92 valence electrons. The van der Waals surface area contributed by atoms with Gasteiger partial charge in [0.25, 0.3) is 0 Å². The zero-order valence-electron chi connectivity index (χ0n) is 9.44. The van der Waals surface area contributed by atoms with Gasteiger partial charge in [0, 0.05) is 17.5 Å². The summed E-state index contributed by atoms with van der Waals surface area (Å²) in [5.41, 5.74) is 1.29. The van der Waals surface area contributed by atoms with E-state index in [0.29, 0.717) is 5.56 Å². The summed E-state index contributed by atoms with van der Waals surface area (Å²) in [6, 6.07) is 6.71. The number of hydrogen-bond donors (Lipinski definition) is 1. The van der Waals surface area contributed by atoms with Gasteiger partial charge < -0.3 is 5.32 Å². The molecule has 0 aliphatic carbocycles. The van der Waals surface area contributed by atoms with E-state index in [9.17, 15) is 4.39 Å². The molecule has 1 heterocycles. The van der Waals surface area contributed by atoms with E-state index in [-0.39, 0.29) is 18.2 Å². The van der Waals surface area contributed by atoms with Crippen LogP contribution in [0, 0.1) is 5.82 Å². The van der Waals surface area contributed by atoms with Crippen LogP contribution in [-0.2, 0) is 6.54 Å². The maximum atomic E-state index is 13.5. The van der Waals surface area contributed by atoms with Gasteiger partial charge in [0.1, 0.15) is 10.8 Å². The zero-order chi connectivity index (χ0) is 11.4. The van der Waals surface area contributed by atoms with Gasteiger partial charge in [-0.3, -0.25) is 0 Å². The van der Waals surface area contributed by atoms with E-state index in [0.717, 1.165) is 23.8 Å². The Balaban J connectivity index is 0.00000144. The molecule has 0 saturated heterocycles. The minimum absolute atomic E-state index is 0. The predicted octanol–water partition coefficient (Wildman–Crippen LogP) is 3.48. The number of benzene rings is 1. The molecule has 0 radical (unpaired) electrons. The van der Waals surface area contributed by atoms with Crippen LogP contribution in [0.1, 0.15) is 11.9 Å². The van der Waals surface area contributed by atoms with E-state index < -0.39 is 0 Å². The first-order valence-electron chi connectivity index (χ1n) is 5.21. The summed E-state index contributed by atoms with van der Waals surface area (Å²) in [5, 5.41) is 6.08. The first-order valence-corrected chi connectivity index (χ1v) is 6.09. The first-order chi connectivity index (χ1) is 7.81. The van der Waals surface area contributed by atoms with Crippen molar-refractivity contribution in [2.24, 2.45) is 0 Å². The molecule has 0 bridgehead atoms. The average Bonchev–Trinajstić information content (AvgIpc) is 2.75. The van der Waals surface area contributed by atoms with Gasteiger partial charge in [-0.2, -0.15) is 0 Å². The second-order valence-electron chi connectivity index (χ2n) is 3.39. The SMILES string of the molecule is CCNCc1nc(-c2ccccc2F)cs1.Cl. The van der Waals surface area contributed by atoms with Crippen LogP contribution in [0.15, 0.2) is 29.6 Å². The van der Waals surface area contributed by atoms with Crippen molar-refractivity contribution in [1.82, 2.24) is 10.3 Å². The van der Waals surface area contributed by atoms with Gasteiger partial charge >= 0.3 is 0 Å². The molecule has 0 unspecified atom stereocenters. The lowest BCUT2D eigenvalue weighted by molar-refractivity contribution is 0.630. The fourth-order valence-corrected chi connectivity index (χ4v) is 2.18. The van der Waals surface area contributed by atoms with Crippen LogP contribution in [0.5, 0.6) is 0 Å². The normalized spacial score (nSPS) is 10.0. The van der Waals surface area contributed by atoms with Crippen molar-refractivity contribution in [3.05, 3.63) is 40.5 Å². The highest BCUT2D eigenvalue weighted by Crippen LogP contribution is 2.24. The van der Waals surface area contributed by atoms with Crippen molar-refractivity contribution < 1.29 is 4.39 Å². The maximum Gasteiger partial charge on any atom is 0.132 e. The molecular weight excluding hydrogens is 259 g/mol. The largest absolute Gasteiger partial charge is 0.311 e. The van der Waals surface area contributed by atoms with Crippen LogP contribution in [0.25, 0.3) is 11.3 Å². The van der Waals surface area contributed by atoms with Crippen LogP contribution >= 0.6 is 23.7 Å². The molecule has 0 fully saturated rings. The smallest absolute Gasteiger partial charge is 0.132 e. The molecule has 0 aliphatic rings. The fourth-order valence-electron chi connectivity index (χ4n) is 1.42. The highest BCUT2D eigenvalue weighted by molar-refractivity contribution is 7.09. The molecule has 17 heavy (non-hydrogen) atoms. The van der Waals surface area contributed by atoms with E-state index in [1.807, 2.05) is 18.4 Å². The minimum atomic E-state index is -0.220. The Bertz CT molecular complexity index is 473. The van der Waals surface area contributed by atoms with Gasteiger partial charge in [0.15, 0.2) is 0 Å². The summed E-state index contributed by atoms with van der Waals surface area (Å²) in [6.45, 7) is 3.70. The minimum Gasteiger partial charge on any atom is -0.311 e. The fraction of sp³-hybridized carbons (Fsp3) is 0.250. The standard InChI is InChI=1S/C12H13FN2S.ClH/c1-2-14-7-12-15-11(8-16-12)9-5-3-4-6-10(9)13;/h3-6,8,14H,2,7H2,1H3;1H. The van der Waals surface area contributed by atoms with Crippen LogP contribution in [0.2, 0.25) is 0 Å². The van der Waals surface area contributed by atoms with Crippen LogP contribution in [-0.4, -0.2) is 11.5 Å². The Morgan fingerprint density at radius 1 is 1.35 bits per heavy atom. The third-order valence-corrected chi connectivity index (χ3v) is 3.08. The molecule has 1 N–H and O–H groups in total. The lowest BCUT2D eigenvalue weighted by atomic mass is 10.2. The molecule has 0 atom stereocenters. The molecule has 1 aromatic heterocycles. The molecule has 5 heteroatoms. The van der Waals surface area contributed by atoms with Crippen LogP contribution in [0.3, 0.4) is 0 Å². The third-order valence-electron chi connectivity index (χ3n) is 2.23. The highest BCUT2D eigenvalue weighted by Gasteiger charge is 2.07. The quantitative estimate of drug-likeness (QED) is 0.922. The Morgan fingerprint density at radius 3 is 2.82 bits per heavy atom. The summed E-state index contributed by atoms with van der Waals surface area (Å²) in [4.78, 5) is 4.39. The van der Waals surface area contributed by atoms with Gasteiger partial charge in [-0.25, -0.2) is 9.37 Å². The number of hydrogen-bond acceptors (Lipinski definition) is 3. The summed E-state index contributed by atoms with van der Waals surface area (Å²) < 4.78 is 13.5. The van der Waals surface area contributed by atoms with Crippen molar-refractivity contribution in [2.75, 3.05) is 6.54 Å². The molecule has 0 amide bonds.